The highest BCUT2D eigenvalue weighted by molar-refractivity contribution is 6.29. The summed E-state index contributed by atoms with van der Waals surface area (Å²) in [5, 5.41) is 13.6. The summed E-state index contributed by atoms with van der Waals surface area (Å²) in [5.74, 6) is 0.0381. The first kappa shape index (κ1) is 8.13. The third kappa shape index (κ3) is 1.51. The van der Waals surface area contributed by atoms with Gasteiger partial charge < -0.3 is 5.11 Å². The summed E-state index contributed by atoms with van der Waals surface area (Å²) in [6, 6.07) is 10.7. The molecule has 0 saturated heterocycles. The lowest BCUT2D eigenvalue weighted by Gasteiger charge is -2.00. The molecule has 2 aromatic rings. The zero-order valence-corrected chi connectivity index (χ0v) is 7.44. The molecule has 0 amide bonds. The van der Waals surface area contributed by atoms with Gasteiger partial charge in [-0.3, -0.25) is 0 Å². The number of rotatable bonds is 1. The number of aromatic hydroxyl groups is 1. The van der Waals surface area contributed by atoms with Crippen LogP contribution in [0.3, 0.4) is 0 Å². The van der Waals surface area contributed by atoms with Crippen LogP contribution in [-0.4, -0.2) is 14.9 Å². The summed E-state index contributed by atoms with van der Waals surface area (Å²) in [4.78, 5) is 0. The quantitative estimate of drug-likeness (QED) is 0.756. The lowest BCUT2D eigenvalue weighted by Crippen LogP contribution is -1.94. The molecule has 0 spiro atoms. The van der Waals surface area contributed by atoms with Crippen LogP contribution >= 0.6 is 11.6 Å². The van der Waals surface area contributed by atoms with Gasteiger partial charge in [-0.2, -0.15) is 9.78 Å². The van der Waals surface area contributed by atoms with Crippen molar-refractivity contribution in [2.24, 2.45) is 0 Å². The molecule has 13 heavy (non-hydrogen) atoms. The Labute approximate surface area is 80.2 Å². The van der Waals surface area contributed by atoms with E-state index in [0.29, 0.717) is 0 Å². The van der Waals surface area contributed by atoms with E-state index >= 15 is 0 Å². The molecule has 0 saturated carbocycles. The van der Waals surface area contributed by atoms with Crippen LogP contribution in [0.25, 0.3) is 5.69 Å². The minimum Gasteiger partial charge on any atom is -0.493 e. The van der Waals surface area contributed by atoms with E-state index in [1.165, 1.54) is 10.7 Å². The molecule has 0 atom stereocenters. The van der Waals surface area contributed by atoms with Crippen molar-refractivity contribution in [3.05, 3.63) is 41.6 Å². The lowest BCUT2D eigenvalue weighted by atomic mass is 10.3. The highest BCUT2D eigenvalue weighted by Gasteiger charge is 2.05. The van der Waals surface area contributed by atoms with E-state index in [1.54, 1.807) is 0 Å². The summed E-state index contributed by atoms with van der Waals surface area (Å²) < 4.78 is 1.38. The Kier molecular flexibility index (Phi) is 1.94. The molecule has 0 bridgehead atoms. The van der Waals surface area contributed by atoms with Gasteiger partial charge in [0.05, 0.1) is 5.69 Å². The molecule has 0 fully saturated rings. The Morgan fingerprint density at radius 2 is 1.92 bits per heavy atom. The van der Waals surface area contributed by atoms with Gasteiger partial charge in [-0.25, -0.2) is 0 Å². The van der Waals surface area contributed by atoms with Crippen molar-refractivity contribution in [3.63, 3.8) is 0 Å². The zero-order valence-electron chi connectivity index (χ0n) is 6.68. The number of hydrogen-bond acceptors (Lipinski definition) is 2. The number of benzene rings is 1. The first-order chi connectivity index (χ1) is 6.27. The minimum atomic E-state index is 0.0381. The van der Waals surface area contributed by atoms with Crippen LogP contribution in [0.1, 0.15) is 0 Å². The Hall–Kier alpha value is -1.48. The van der Waals surface area contributed by atoms with Crippen LogP contribution < -0.4 is 0 Å². The van der Waals surface area contributed by atoms with Gasteiger partial charge in [0.15, 0.2) is 5.15 Å². The molecule has 0 radical (unpaired) electrons. The standard InChI is InChI=1S/C9H7ClN2O/c10-8-6-9(13)12(11-8)7-4-2-1-3-5-7/h1-6,13H. The van der Waals surface area contributed by atoms with Gasteiger partial charge in [-0.05, 0) is 12.1 Å². The van der Waals surface area contributed by atoms with Gasteiger partial charge in [-0.1, -0.05) is 29.8 Å². The van der Waals surface area contributed by atoms with E-state index in [-0.39, 0.29) is 11.0 Å². The van der Waals surface area contributed by atoms with Crippen LogP contribution in [-0.2, 0) is 0 Å². The molecule has 0 aliphatic rings. The van der Waals surface area contributed by atoms with Crippen molar-refractivity contribution < 1.29 is 5.11 Å². The molecular weight excluding hydrogens is 188 g/mol. The van der Waals surface area contributed by atoms with E-state index in [9.17, 15) is 5.11 Å². The molecule has 0 aliphatic carbocycles. The van der Waals surface area contributed by atoms with Crippen LogP contribution in [0, 0.1) is 0 Å². The number of aromatic nitrogens is 2. The fourth-order valence-corrected chi connectivity index (χ4v) is 1.28. The molecule has 66 valence electrons. The Bertz CT molecular complexity index is 411. The van der Waals surface area contributed by atoms with Crippen LogP contribution in [0.5, 0.6) is 5.88 Å². The molecule has 4 heteroatoms. The summed E-state index contributed by atoms with van der Waals surface area (Å²) in [6.45, 7) is 0. The van der Waals surface area contributed by atoms with Gasteiger partial charge in [0.25, 0.3) is 0 Å². The van der Waals surface area contributed by atoms with E-state index in [2.05, 4.69) is 5.10 Å². The molecular formula is C9H7ClN2O. The zero-order chi connectivity index (χ0) is 9.26. The molecule has 1 aromatic carbocycles. The maximum absolute atomic E-state index is 9.40. The van der Waals surface area contributed by atoms with E-state index in [1.807, 2.05) is 30.3 Å². The van der Waals surface area contributed by atoms with Crippen LogP contribution in [0.4, 0.5) is 0 Å². The molecule has 1 aromatic heterocycles. The maximum Gasteiger partial charge on any atom is 0.215 e. The first-order valence-corrected chi connectivity index (χ1v) is 4.15. The second-order valence-corrected chi connectivity index (χ2v) is 2.96. The third-order valence-electron chi connectivity index (χ3n) is 1.66. The minimum absolute atomic E-state index is 0.0381. The monoisotopic (exact) mass is 194 g/mol. The van der Waals surface area contributed by atoms with Gasteiger partial charge in [0.2, 0.25) is 5.88 Å². The fraction of sp³-hybridized carbons (Fsp3) is 0. The maximum atomic E-state index is 9.40. The Morgan fingerprint density at radius 3 is 2.46 bits per heavy atom. The lowest BCUT2D eigenvalue weighted by molar-refractivity contribution is 0.433. The van der Waals surface area contributed by atoms with E-state index in [0.717, 1.165) is 5.69 Å². The first-order valence-electron chi connectivity index (χ1n) is 3.77. The van der Waals surface area contributed by atoms with Gasteiger partial charge in [0, 0.05) is 6.07 Å². The highest BCUT2D eigenvalue weighted by Crippen LogP contribution is 2.19. The van der Waals surface area contributed by atoms with Crippen molar-refractivity contribution in [2.75, 3.05) is 0 Å². The van der Waals surface area contributed by atoms with E-state index < -0.39 is 0 Å². The smallest absolute Gasteiger partial charge is 0.215 e. The molecule has 3 nitrogen and oxygen atoms in total. The molecule has 2 rings (SSSR count). The summed E-state index contributed by atoms with van der Waals surface area (Å²) >= 11 is 5.62. The van der Waals surface area contributed by atoms with Gasteiger partial charge in [-0.15, -0.1) is 0 Å². The fourth-order valence-electron chi connectivity index (χ4n) is 1.10. The van der Waals surface area contributed by atoms with Gasteiger partial charge in [0.1, 0.15) is 0 Å². The number of hydrogen-bond donors (Lipinski definition) is 1. The van der Waals surface area contributed by atoms with Crippen LogP contribution in [0.2, 0.25) is 5.15 Å². The summed E-state index contributed by atoms with van der Waals surface area (Å²) in [7, 11) is 0. The predicted molar refractivity (Wildman–Crippen MR) is 50.2 cm³/mol. The third-order valence-corrected chi connectivity index (χ3v) is 1.85. The van der Waals surface area contributed by atoms with Crippen molar-refractivity contribution in [1.82, 2.24) is 9.78 Å². The molecule has 0 aliphatic heterocycles. The summed E-state index contributed by atoms with van der Waals surface area (Å²) in [6.07, 6.45) is 0. The topological polar surface area (TPSA) is 38.1 Å². The van der Waals surface area contributed by atoms with Crippen molar-refractivity contribution in [2.45, 2.75) is 0 Å². The summed E-state index contributed by atoms with van der Waals surface area (Å²) in [5.41, 5.74) is 0.784. The van der Waals surface area contributed by atoms with Crippen molar-refractivity contribution in [1.29, 1.82) is 0 Å². The average molecular weight is 195 g/mol. The number of halogens is 1. The Balaban J connectivity index is 2.53. The number of nitrogens with zero attached hydrogens (tertiary/aromatic N) is 2. The normalized spacial score (nSPS) is 10.2. The second kappa shape index (κ2) is 3.11. The Morgan fingerprint density at radius 1 is 1.23 bits per heavy atom. The van der Waals surface area contributed by atoms with Crippen molar-refractivity contribution in [3.8, 4) is 11.6 Å². The van der Waals surface area contributed by atoms with Gasteiger partial charge >= 0.3 is 0 Å². The molecule has 1 heterocycles. The molecule has 1 N–H and O–H groups in total. The predicted octanol–water partition coefficient (Wildman–Crippen LogP) is 2.23. The SMILES string of the molecule is Oc1cc(Cl)nn1-c1ccccc1. The molecule has 0 unspecified atom stereocenters. The number of para-hydroxylation sites is 1. The average Bonchev–Trinajstić information content (AvgIpc) is 2.47. The highest BCUT2D eigenvalue weighted by atomic mass is 35.5. The van der Waals surface area contributed by atoms with Crippen molar-refractivity contribution >= 4 is 11.6 Å². The van der Waals surface area contributed by atoms with Crippen LogP contribution in [0.15, 0.2) is 36.4 Å². The van der Waals surface area contributed by atoms with E-state index in [4.69, 9.17) is 11.6 Å². The second-order valence-electron chi connectivity index (χ2n) is 2.57. The largest absolute Gasteiger partial charge is 0.493 e.